The lowest BCUT2D eigenvalue weighted by molar-refractivity contribution is -0.121. The van der Waals surface area contributed by atoms with E-state index >= 15 is 0 Å². The first kappa shape index (κ1) is 16.0. The minimum atomic E-state index is -0.0304. The summed E-state index contributed by atoms with van der Waals surface area (Å²) in [5, 5.41) is 0. The monoisotopic (exact) mass is 262 g/mol. The van der Waals surface area contributed by atoms with Crippen LogP contribution in [-0.4, -0.2) is 22.1 Å². The van der Waals surface area contributed by atoms with Gasteiger partial charge in [-0.3, -0.25) is 9.59 Å². The van der Waals surface area contributed by atoms with Crippen LogP contribution in [0.5, 0.6) is 0 Å². The van der Waals surface area contributed by atoms with Crippen molar-refractivity contribution in [2.75, 3.05) is 5.75 Å². The summed E-state index contributed by atoms with van der Waals surface area (Å²) in [6.07, 6.45) is 1.22. The van der Waals surface area contributed by atoms with Crippen LogP contribution in [0.15, 0.2) is 0 Å². The second kappa shape index (κ2) is 7.38. The minimum absolute atomic E-state index is 0.0304. The highest BCUT2D eigenvalue weighted by Crippen LogP contribution is 2.38. The van der Waals surface area contributed by atoms with Gasteiger partial charge in [0.1, 0.15) is 11.6 Å². The summed E-state index contributed by atoms with van der Waals surface area (Å²) >= 11 is 0. The van der Waals surface area contributed by atoms with Gasteiger partial charge in [0.05, 0.1) is 0 Å². The van der Waals surface area contributed by atoms with Crippen molar-refractivity contribution < 1.29 is 9.59 Å². The first-order valence-electron chi connectivity index (χ1n) is 5.57. The maximum Gasteiger partial charge on any atom is 0.136 e. The molecule has 0 aliphatic carbocycles. The molecule has 0 radical (unpaired) electrons. The molecule has 0 fully saturated rings. The third-order valence-electron chi connectivity index (χ3n) is 2.03. The molecule has 0 atom stereocenters. The Hall–Kier alpha value is 0.0400. The number of hydrogen-bond acceptors (Lipinski definition) is 4. The van der Waals surface area contributed by atoms with Gasteiger partial charge in [0.15, 0.2) is 0 Å². The molecule has 0 aliphatic rings. The average Bonchev–Trinajstić information content (AvgIpc) is 2.09. The van der Waals surface area contributed by atoms with E-state index in [0.717, 1.165) is 5.75 Å². The smallest absolute Gasteiger partial charge is 0.136 e. The van der Waals surface area contributed by atoms with Crippen LogP contribution < -0.4 is 0 Å². The summed E-state index contributed by atoms with van der Waals surface area (Å²) in [4.78, 5) is 22.4. The molecule has 0 aliphatic heterocycles. The van der Waals surface area contributed by atoms with E-state index in [1.54, 1.807) is 28.5 Å². The molecular formula is C12H22O2S2. The lowest BCUT2D eigenvalue weighted by atomic mass is 10.1. The Morgan fingerprint density at radius 1 is 1.25 bits per heavy atom. The fourth-order valence-corrected chi connectivity index (χ4v) is 3.84. The number of carbonyl (C=O) groups excluding carboxylic acids is 2. The summed E-state index contributed by atoms with van der Waals surface area (Å²) in [6.45, 7) is 9.61. The van der Waals surface area contributed by atoms with Crippen LogP contribution in [-0.2, 0) is 9.59 Å². The van der Waals surface area contributed by atoms with E-state index < -0.39 is 0 Å². The Labute approximate surface area is 107 Å². The third kappa shape index (κ3) is 8.22. The number of ketones is 2. The van der Waals surface area contributed by atoms with Crippen LogP contribution in [0, 0.1) is 5.92 Å². The van der Waals surface area contributed by atoms with E-state index in [2.05, 4.69) is 13.8 Å². The maximum atomic E-state index is 11.4. The van der Waals surface area contributed by atoms with Crippen LogP contribution in [0.3, 0.4) is 0 Å². The molecule has 0 spiro atoms. The Morgan fingerprint density at radius 2 is 1.81 bits per heavy atom. The first-order valence-corrected chi connectivity index (χ1v) is 7.89. The number of rotatable bonds is 8. The molecule has 2 nitrogen and oxygen atoms in total. The van der Waals surface area contributed by atoms with Crippen molar-refractivity contribution in [1.29, 1.82) is 0 Å². The average molecular weight is 262 g/mol. The summed E-state index contributed by atoms with van der Waals surface area (Å²) in [5.41, 5.74) is 0. The second-order valence-electron chi connectivity index (χ2n) is 4.91. The second-order valence-corrected chi connectivity index (χ2v) is 8.04. The lowest BCUT2D eigenvalue weighted by Crippen LogP contribution is -2.17. The molecule has 0 aromatic carbocycles. The highest BCUT2D eigenvalue weighted by atomic mass is 33.1. The molecular weight excluding hydrogens is 240 g/mol. The van der Waals surface area contributed by atoms with Crippen LogP contribution in [0.4, 0.5) is 0 Å². The van der Waals surface area contributed by atoms with E-state index in [1.807, 2.05) is 13.8 Å². The van der Waals surface area contributed by atoms with Gasteiger partial charge in [-0.05, 0) is 20.8 Å². The highest BCUT2D eigenvalue weighted by Gasteiger charge is 2.21. The Kier molecular flexibility index (Phi) is 7.40. The fraction of sp³-hybridized carbons (Fsp3) is 0.833. The van der Waals surface area contributed by atoms with Gasteiger partial charge in [-0.1, -0.05) is 35.4 Å². The van der Waals surface area contributed by atoms with E-state index in [0.29, 0.717) is 18.6 Å². The van der Waals surface area contributed by atoms with E-state index in [4.69, 9.17) is 0 Å². The Balaban J connectivity index is 3.73. The van der Waals surface area contributed by atoms with Gasteiger partial charge < -0.3 is 0 Å². The zero-order chi connectivity index (χ0) is 12.8. The molecule has 0 rings (SSSR count). The van der Waals surface area contributed by atoms with Crippen LogP contribution in [0.2, 0.25) is 0 Å². The summed E-state index contributed by atoms with van der Waals surface area (Å²) in [5.74, 6) is 1.51. The maximum absolute atomic E-state index is 11.4. The number of carbonyl (C=O) groups is 2. The van der Waals surface area contributed by atoms with Gasteiger partial charge in [-0.15, -0.1) is 0 Å². The van der Waals surface area contributed by atoms with Gasteiger partial charge in [0.25, 0.3) is 0 Å². The van der Waals surface area contributed by atoms with Crippen molar-refractivity contribution in [1.82, 2.24) is 0 Å². The normalized spacial score (nSPS) is 11.9. The van der Waals surface area contributed by atoms with Gasteiger partial charge in [0, 0.05) is 29.3 Å². The molecule has 0 saturated heterocycles. The first-order chi connectivity index (χ1) is 7.24. The molecule has 0 saturated carbocycles. The standard InChI is InChI=1S/C12H22O2S2/c1-9(2)11(14)6-7-15-16-12(4,5)8-10(3)13/h9H,6-8H2,1-5H3. The van der Waals surface area contributed by atoms with Crippen LogP contribution in [0.25, 0.3) is 0 Å². The summed E-state index contributed by atoms with van der Waals surface area (Å²) in [7, 11) is 3.40. The van der Waals surface area contributed by atoms with Crippen molar-refractivity contribution in [3.63, 3.8) is 0 Å². The lowest BCUT2D eigenvalue weighted by Gasteiger charge is -2.21. The predicted molar refractivity (Wildman–Crippen MR) is 73.9 cm³/mol. The highest BCUT2D eigenvalue weighted by molar-refractivity contribution is 8.77. The molecule has 94 valence electrons. The molecule has 0 heterocycles. The molecule has 0 bridgehead atoms. The molecule has 0 N–H and O–H groups in total. The molecule has 0 aromatic rings. The van der Waals surface area contributed by atoms with Crippen molar-refractivity contribution in [3.8, 4) is 0 Å². The zero-order valence-corrected chi connectivity index (χ0v) is 12.5. The topological polar surface area (TPSA) is 34.1 Å². The minimum Gasteiger partial charge on any atom is -0.300 e. The van der Waals surface area contributed by atoms with Crippen LogP contribution >= 0.6 is 21.6 Å². The fourth-order valence-electron chi connectivity index (χ4n) is 1.26. The van der Waals surface area contributed by atoms with Crippen molar-refractivity contribution >= 4 is 33.2 Å². The van der Waals surface area contributed by atoms with Gasteiger partial charge in [0.2, 0.25) is 0 Å². The van der Waals surface area contributed by atoms with Gasteiger partial charge >= 0.3 is 0 Å². The van der Waals surface area contributed by atoms with Crippen molar-refractivity contribution in [2.24, 2.45) is 5.92 Å². The summed E-state index contributed by atoms with van der Waals surface area (Å²) < 4.78 is -0.0304. The molecule has 0 aromatic heterocycles. The van der Waals surface area contributed by atoms with E-state index in [1.165, 1.54) is 0 Å². The van der Waals surface area contributed by atoms with Gasteiger partial charge in [-0.2, -0.15) is 0 Å². The Morgan fingerprint density at radius 3 is 2.25 bits per heavy atom. The van der Waals surface area contributed by atoms with Crippen molar-refractivity contribution in [3.05, 3.63) is 0 Å². The quantitative estimate of drug-likeness (QED) is 0.493. The molecule has 4 heteroatoms. The number of Topliss-reactive ketones (excluding diaryl/α,β-unsaturated/α-hetero) is 2. The largest absolute Gasteiger partial charge is 0.300 e. The third-order valence-corrected chi connectivity index (χ3v) is 5.33. The predicted octanol–water partition coefficient (Wildman–Crippen LogP) is 3.74. The molecule has 0 amide bonds. The zero-order valence-electron chi connectivity index (χ0n) is 10.8. The van der Waals surface area contributed by atoms with Crippen molar-refractivity contribution in [2.45, 2.75) is 52.2 Å². The molecule has 0 unspecified atom stereocenters. The van der Waals surface area contributed by atoms with Gasteiger partial charge in [-0.25, -0.2) is 0 Å². The number of hydrogen-bond donors (Lipinski definition) is 0. The van der Waals surface area contributed by atoms with Crippen LogP contribution in [0.1, 0.15) is 47.5 Å². The SMILES string of the molecule is CC(=O)CC(C)(C)SSCCC(=O)C(C)C. The molecule has 16 heavy (non-hydrogen) atoms. The Bertz CT molecular complexity index is 247. The van der Waals surface area contributed by atoms with E-state index in [-0.39, 0.29) is 16.4 Å². The summed E-state index contributed by atoms with van der Waals surface area (Å²) in [6, 6.07) is 0. The van der Waals surface area contributed by atoms with E-state index in [9.17, 15) is 9.59 Å².